The zero-order chi connectivity index (χ0) is 16.6. The number of hydrogen-bond donors (Lipinski definition) is 3. The second-order valence-corrected chi connectivity index (χ2v) is 6.46. The Morgan fingerprint density at radius 2 is 1.91 bits per heavy atom. The number of halogens is 2. The monoisotopic (exact) mass is 437 g/mol. The minimum atomic E-state index is -1.04. The molecule has 0 atom stereocenters. The van der Waals surface area contributed by atoms with Gasteiger partial charge in [0.15, 0.2) is 5.69 Å². The van der Waals surface area contributed by atoms with Crippen LogP contribution in [0.5, 0.6) is 5.88 Å². The molecule has 0 bridgehead atoms. The number of benzene rings is 2. The third-order valence-electron chi connectivity index (χ3n) is 3.14. The van der Waals surface area contributed by atoms with Gasteiger partial charge in [0.1, 0.15) is 0 Å². The quantitative estimate of drug-likeness (QED) is 0.470. The highest BCUT2D eigenvalue weighted by molar-refractivity contribution is 9.11. The summed E-state index contributed by atoms with van der Waals surface area (Å²) in [7, 11) is 0. The van der Waals surface area contributed by atoms with Crippen molar-refractivity contribution in [2.75, 3.05) is 0 Å². The van der Waals surface area contributed by atoms with Crippen LogP contribution in [0.4, 0.5) is 11.4 Å². The number of aromatic carboxylic acids is 1. The van der Waals surface area contributed by atoms with E-state index in [0.29, 0.717) is 16.6 Å². The van der Waals surface area contributed by atoms with Gasteiger partial charge in [-0.25, -0.2) is 4.79 Å². The highest BCUT2D eigenvalue weighted by atomic mass is 79.9. The Hall–Kier alpha value is -2.19. The van der Waals surface area contributed by atoms with Crippen LogP contribution in [0.3, 0.4) is 0 Å². The molecule has 0 saturated heterocycles. The molecule has 0 aliphatic carbocycles. The number of H-pyrrole nitrogens is 1. The van der Waals surface area contributed by atoms with E-state index in [2.05, 4.69) is 47.1 Å². The average molecular weight is 439 g/mol. The standard InChI is InChI=1S/C15H9Br2N3O3/c16-8-5-10-12(11(17)6-8)18-14(21)13(10)20-19-9-3-1-2-7(4-9)15(22)23/h1-6,18,21H,(H,22,23). The maximum Gasteiger partial charge on any atom is 0.335 e. The van der Waals surface area contributed by atoms with E-state index in [9.17, 15) is 9.90 Å². The Kier molecular flexibility index (Phi) is 4.18. The van der Waals surface area contributed by atoms with Crippen molar-refractivity contribution >= 4 is 60.1 Å². The van der Waals surface area contributed by atoms with Gasteiger partial charge in [-0.15, -0.1) is 5.11 Å². The number of fused-ring (bicyclic) bond motifs is 1. The van der Waals surface area contributed by atoms with Crippen molar-refractivity contribution in [2.45, 2.75) is 0 Å². The number of rotatable bonds is 3. The number of azo groups is 1. The van der Waals surface area contributed by atoms with Crippen LogP contribution >= 0.6 is 31.9 Å². The maximum atomic E-state index is 11.0. The molecule has 2 aromatic carbocycles. The molecular weight excluding hydrogens is 430 g/mol. The van der Waals surface area contributed by atoms with Crippen LogP contribution in [-0.4, -0.2) is 21.2 Å². The molecule has 1 aromatic heterocycles. The lowest BCUT2D eigenvalue weighted by atomic mass is 10.2. The smallest absolute Gasteiger partial charge is 0.335 e. The zero-order valence-corrected chi connectivity index (χ0v) is 14.6. The lowest BCUT2D eigenvalue weighted by Gasteiger charge is -1.97. The molecule has 0 fully saturated rings. The molecule has 116 valence electrons. The zero-order valence-electron chi connectivity index (χ0n) is 11.4. The Balaban J connectivity index is 2.06. The van der Waals surface area contributed by atoms with E-state index in [0.717, 1.165) is 8.95 Å². The highest BCUT2D eigenvalue weighted by Gasteiger charge is 2.13. The minimum Gasteiger partial charge on any atom is -0.493 e. The van der Waals surface area contributed by atoms with E-state index in [4.69, 9.17) is 5.11 Å². The first-order valence-corrected chi connectivity index (χ1v) is 7.99. The number of aromatic hydroxyl groups is 1. The molecule has 0 unspecified atom stereocenters. The number of carboxylic acid groups (broad SMARTS) is 1. The van der Waals surface area contributed by atoms with Gasteiger partial charge in [-0.3, -0.25) is 0 Å². The lowest BCUT2D eigenvalue weighted by Crippen LogP contribution is -1.94. The molecule has 3 rings (SSSR count). The fraction of sp³-hybridized carbons (Fsp3) is 0. The van der Waals surface area contributed by atoms with Gasteiger partial charge >= 0.3 is 5.97 Å². The summed E-state index contributed by atoms with van der Waals surface area (Å²) >= 11 is 6.79. The minimum absolute atomic E-state index is 0.114. The predicted octanol–water partition coefficient (Wildman–Crippen LogP) is 5.51. The highest BCUT2D eigenvalue weighted by Crippen LogP contribution is 2.40. The Labute approximate surface area is 147 Å². The fourth-order valence-corrected chi connectivity index (χ4v) is 3.43. The molecule has 8 heteroatoms. The summed E-state index contributed by atoms with van der Waals surface area (Å²) in [4.78, 5) is 13.8. The summed E-state index contributed by atoms with van der Waals surface area (Å²) in [5.74, 6) is -1.15. The van der Waals surface area contributed by atoms with E-state index in [1.54, 1.807) is 18.2 Å². The molecule has 3 aromatic rings. The maximum absolute atomic E-state index is 11.0. The number of nitrogens with one attached hydrogen (secondary N) is 1. The van der Waals surface area contributed by atoms with E-state index in [-0.39, 0.29) is 17.1 Å². The lowest BCUT2D eigenvalue weighted by molar-refractivity contribution is 0.0697. The summed E-state index contributed by atoms with van der Waals surface area (Å²) in [6, 6.07) is 9.74. The molecule has 0 amide bonds. The van der Waals surface area contributed by atoms with Crippen molar-refractivity contribution in [1.29, 1.82) is 0 Å². The third-order valence-corrected chi connectivity index (χ3v) is 4.22. The van der Waals surface area contributed by atoms with E-state index >= 15 is 0 Å². The predicted molar refractivity (Wildman–Crippen MR) is 92.9 cm³/mol. The molecular formula is C15H9Br2N3O3. The summed E-state index contributed by atoms with van der Waals surface area (Å²) in [5.41, 5.74) is 1.48. The van der Waals surface area contributed by atoms with E-state index in [1.807, 2.05) is 6.07 Å². The Bertz CT molecular complexity index is 951. The number of aromatic amines is 1. The van der Waals surface area contributed by atoms with Crippen molar-refractivity contribution in [2.24, 2.45) is 10.2 Å². The molecule has 0 saturated carbocycles. The SMILES string of the molecule is O=C(O)c1cccc(N=Nc2c(O)[nH]c3c(Br)cc(Br)cc23)c1. The molecule has 23 heavy (non-hydrogen) atoms. The van der Waals surface area contributed by atoms with Crippen LogP contribution in [-0.2, 0) is 0 Å². The van der Waals surface area contributed by atoms with Crippen LogP contribution < -0.4 is 0 Å². The molecule has 1 heterocycles. The van der Waals surface area contributed by atoms with Crippen molar-refractivity contribution in [3.8, 4) is 5.88 Å². The van der Waals surface area contributed by atoms with E-state index in [1.165, 1.54) is 12.1 Å². The van der Waals surface area contributed by atoms with Crippen LogP contribution in [0.2, 0.25) is 0 Å². The molecule has 0 aliphatic rings. The molecule has 0 spiro atoms. The largest absolute Gasteiger partial charge is 0.493 e. The van der Waals surface area contributed by atoms with Gasteiger partial charge in [-0.1, -0.05) is 22.0 Å². The number of carbonyl (C=O) groups is 1. The number of aromatic nitrogens is 1. The van der Waals surface area contributed by atoms with Crippen molar-refractivity contribution in [1.82, 2.24) is 4.98 Å². The van der Waals surface area contributed by atoms with Gasteiger partial charge in [-0.2, -0.15) is 5.11 Å². The van der Waals surface area contributed by atoms with Gasteiger partial charge in [-0.05, 0) is 46.3 Å². The van der Waals surface area contributed by atoms with Gasteiger partial charge in [0.25, 0.3) is 0 Å². The summed E-state index contributed by atoms with van der Waals surface area (Å²) in [6.45, 7) is 0. The molecule has 6 nitrogen and oxygen atoms in total. The number of nitrogens with zero attached hydrogens (tertiary/aromatic N) is 2. The Morgan fingerprint density at radius 1 is 1.13 bits per heavy atom. The topological polar surface area (TPSA) is 98.0 Å². The van der Waals surface area contributed by atoms with Crippen molar-refractivity contribution in [3.63, 3.8) is 0 Å². The van der Waals surface area contributed by atoms with Crippen LogP contribution in [0.1, 0.15) is 10.4 Å². The average Bonchev–Trinajstić information content (AvgIpc) is 2.81. The second kappa shape index (κ2) is 6.13. The first-order chi connectivity index (χ1) is 11.0. The van der Waals surface area contributed by atoms with Crippen LogP contribution in [0.25, 0.3) is 10.9 Å². The van der Waals surface area contributed by atoms with Gasteiger partial charge in [0.2, 0.25) is 5.88 Å². The normalized spacial score (nSPS) is 11.4. The third kappa shape index (κ3) is 3.13. The summed E-state index contributed by atoms with van der Waals surface area (Å²) in [5, 5.41) is 27.8. The second-order valence-electron chi connectivity index (χ2n) is 4.69. The Morgan fingerprint density at radius 3 is 2.65 bits per heavy atom. The first-order valence-electron chi connectivity index (χ1n) is 6.40. The van der Waals surface area contributed by atoms with Crippen molar-refractivity contribution < 1.29 is 15.0 Å². The number of hydrogen-bond acceptors (Lipinski definition) is 4. The molecule has 3 N–H and O–H groups in total. The number of carboxylic acids is 1. The summed E-state index contributed by atoms with van der Waals surface area (Å²) in [6.07, 6.45) is 0. The van der Waals surface area contributed by atoms with Gasteiger partial charge in [0, 0.05) is 14.3 Å². The van der Waals surface area contributed by atoms with Crippen molar-refractivity contribution in [3.05, 3.63) is 50.9 Å². The molecule has 0 aliphatic heterocycles. The van der Waals surface area contributed by atoms with Crippen LogP contribution in [0, 0.1) is 0 Å². The fourth-order valence-electron chi connectivity index (χ4n) is 2.10. The van der Waals surface area contributed by atoms with Gasteiger partial charge < -0.3 is 15.2 Å². The van der Waals surface area contributed by atoms with Gasteiger partial charge in [0.05, 0.1) is 16.8 Å². The van der Waals surface area contributed by atoms with Crippen LogP contribution in [0.15, 0.2) is 55.6 Å². The molecule has 0 radical (unpaired) electrons. The first kappa shape index (κ1) is 15.7. The van der Waals surface area contributed by atoms with E-state index < -0.39 is 5.97 Å². The summed E-state index contributed by atoms with van der Waals surface area (Å²) < 4.78 is 1.59.